The Bertz CT molecular complexity index is 560. The number of nitrogens with one attached hydrogen (secondary N) is 1. The van der Waals surface area contributed by atoms with Gasteiger partial charge < -0.3 is 10.2 Å². The largest absolute Gasteiger partial charge is 0.433 e. The fourth-order valence-corrected chi connectivity index (χ4v) is 2.33. The number of rotatable bonds is 2. The second-order valence-electron chi connectivity index (χ2n) is 5.55. The number of hydrogen-bond donors (Lipinski definition) is 1. The minimum Gasteiger partial charge on any atom is -0.363 e. The Labute approximate surface area is 119 Å². The van der Waals surface area contributed by atoms with Crippen LogP contribution in [0.4, 0.5) is 24.5 Å². The Morgan fingerprint density at radius 2 is 2.14 bits per heavy atom. The highest BCUT2D eigenvalue weighted by molar-refractivity contribution is 5.63. The van der Waals surface area contributed by atoms with Gasteiger partial charge in [-0.15, -0.1) is 0 Å². The van der Waals surface area contributed by atoms with E-state index in [1.54, 1.807) is 4.90 Å². The van der Waals surface area contributed by atoms with Crippen LogP contribution in [-0.2, 0) is 6.18 Å². The molecule has 1 saturated heterocycles. The van der Waals surface area contributed by atoms with Gasteiger partial charge in [-0.25, -0.2) is 4.98 Å². The van der Waals surface area contributed by atoms with Crippen LogP contribution in [0.25, 0.3) is 0 Å². The highest BCUT2D eigenvalue weighted by Gasteiger charge is 2.36. The number of piperazine rings is 1. The van der Waals surface area contributed by atoms with Crippen LogP contribution >= 0.6 is 0 Å². The number of halogens is 3. The van der Waals surface area contributed by atoms with Gasteiger partial charge in [0.1, 0.15) is 17.6 Å². The zero-order valence-electron chi connectivity index (χ0n) is 11.6. The van der Waals surface area contributed by atoms with Crippen molar-refractivity contribution in [3.05, 3.63) is 28.1 Å². The van der Waals surface area contributed by atoms with E-state index in [0.29, 0.717) is 25.8 Å². The lowest BCUT2D eigenvalue weighted by Crippen LogP contribution is -2.57. The summed E-state index contributed by atoms with van der Waals surface area (Å²) in [5.41, 5.74) is -1.93. The van der Waals surface area contributed by atoms with Gasteiger partial charge in [0.2, 0.25) is 0 Å². The molecular formula is C12H15F3N4O2. The molecule has 1 aromatic heterocycles. The predicted molar refractivity (Wildman–Crippen MR) is 70.2 cm³/mol. The third-order valence-corrected chi connectivity index (χ3v) is 3.26. The Morgan fingerprint density at radius 1 is 1.48 bits per heavy atom. The molecule has 0 spiro atoms. The molecule has 1 N–H and O–H groups in total. The van der Waals surface area contributed by atoms with Crippen molar-refractivity contribution >= 4 is 11.4 Å². The van der Waals surface area contributed by atoms with Crippen molar-refractivity contribution < 1.29 is 18.1 Å². The number of aromatic nitrogens is 1. The first-order chi connectivity index (χ1) is 9.60. The third kappa shape index (κ3) is 3.41. The van der Waals surface area contributed by atoms with E-state index < -0.39 is 22.5 Å². The maximum atomic E-state index is 12.8. The van der Waals surface area contributed by atoms with Crippen molar-refractivity contribution in [3.8, 4) is 0 Å². The van der Waals surface area contributed by atoms with Gasteiger partial charge in [0.15, 0.2) is 0 Å². The molecular weight excluding hydrogens is 289 g/mol. The topological polar surface area (TPSA) is 71.3 Å². The molecule has 21 heavy (non-hydrogen) atoms. The van der Waals surface area contributed by atoms with E-state index in [-0.39, 0.29) is 11.2 Å². The summed E-state index contributed by atoms with van der Waals surface area (Å²) in [5, 5.41) is 14.2. The van der Waals surface area contributed by atoms with E-state index in [0.717, 1.165) is 6.07 Å². The van der Waals surface area contributed by atoms with Gasteiger partial charge >= 0.3 is 11.9 Å². The van der Waals surface area contributed by atoms with Gasteiger partial charge in [0.25, 0.3) is 0 Å². The molecule has 0 aliphatic carbocycles. The van der Waals surface area contributed by atoms with Crippen LogP contribution in [0, 0.1) is 10.1 Å². The van der Waals surface area contributed by atoms with Crippen LogP contribution in [0.2, 0.25) is 0 Å². The Balaban J connectivity index is 2.46. The Morgan fingerprint density at radius 3 is 2.67 bits per heavy atom. The summed E-state index contributed by atoms with van der Waals surface area (Å²) in [7, 11) is 0. The predicted octanol–water partition coefficient (Wildman–Crippen LogP) is 2.20. The lowest BCUT2D eigenvalue weighted by Gasteiger charge is -2.40. The summed E-state index contributed by atoms with van der Waals surface area (Å²) in [6.45, 7) is 5.07. The van der Waals surface area contributed by atoms with Gasteiger partial charge in [-0.2, -0.15) is 13.2 Å². The molecule has 1 aliphatic heterocycles. The van der Waals surface area contributed by atoms with Crippen molar-refractivity contribution in [1.82, 2.24) is 10.3 Å². The molecule has 1 aromatic rings. The minimum absolute atomic E-state index is 0.0445. The molecule has 0 aromatic carbocycles. The van der Waals surface area contributed by atoms with Gasteiger partial charge in [0.05, 0.1) is 4.92 Å². The molecule has 6 nitrogen and oxygen atoms in total. The number of hydrogen-bond acceptors (Lipinski definition) is 5. The Kier molecular flexibility index (Phi) is 3.79. The quantitative estimate of drug-likeness (QED) is 0.670. The van der Waals surface area contributed by atoms with Crippen molar-refractivity contribution in [2.75, 3.05) is 24.5 Å². The highest BCUT2D eigenvalue weighted by atomic mass is 19.4. The van der Waals surface area contributed by atoms with E-state index >= 15 is 0 Å². The first kappa shape index (κ1) is 15.5. The van der Waals surface area contributed by atoms with E-state index in [9.17, 15) is 23.3 Å². The molecule has 0 atom stereocenters. The van der Waals surface area contributed by atoms with Crippen LogP contribution in [0.1, 0.15) is 19.5 Å². The van der Waals surface area contributed by atoms with Crippen molar-refractivity contribution in [1.29, 1.82) is 0 Å². The molecule has 0 bridgehead atoms. The van der Waals surface area contributed by atoms with E-state index in [4.69, 9.17) is 0 Å². The number of alkyl halides is 3. The summed E-state index contributed by atoms with van der Waals surface area (Å²) < 4.78 is 38.3. The van der Waals surface area contributed by atoms with Gasteiger partial charge in [0, 0.05) is 25.2 Å². The third-order valence-electron chi connectivity index (χ3n) is 3.26. The summed E-state index contributed by atoms with van der Waals surface area (Å²) in [6.07, 6.45) is -3.96. The number of nitrogens with zero attached hydrogens (tertiary/aromatic N) is 3. The van der Waals surface area contributed by atoms with Gasteiger partial charge in [-0.3, -0.25) is 10.1 Å². The lowest BCUT2D eigenvalue weighted by molar-refractivity contribution is -0.384. The fourth-order valence-electron chi connectivity index (χ4n) is 2.33. The minimum atomic E-state index is -4.63. The lowest BCUT2D eigenvalue weighted by atomic mass is 10.0. The van der Waals surface area contributed by atoms with Crippen LogP contribution in [0.5, 0.6) is 0 Å². The van der Waals surface area contributed by atoms with E-state index in [1.807, 2.05) is 13.8 Å². The van der Waals surface area contributed by atoms with Gasteiger partial charge in [-0.05, 0) is 19.9 Å². The van der Waals surface area contributed by atoms with Crippen molar-refractivity contribution in [2.24, 2.45) is 0 Å². The summed E-state index contributed by atoms with van der Waals surface area (Å²) in [4.78, 5) is 15.1. The van der Waals surface area contributed by atoms with E-state index in [1.165, 1.54) is 0 Å². The standard InChI is InChI=1S/C12H15F3N4O2/c1-11(2)7-18(4-3-17-11)8-5-10(12(13,14)15)16-6-9(8)19(20)21/h5-6,17H,3-4,7H2,1-2H3. The van der Waals surface area contributed by atoms with Crippen LogP contribution < -0.4 is 10.2 Å². The summed E-state index contributed by atoms with van der Waals surface area (Å²) >= 11 is 0. The van der Waals surface area contributed by atoms with Crippen LogP contribution in [0.3, 0.4) is 0 Å². The summed E-state index contributed by atoms with van der Waals surface area (Å²) in [5.74, 6) is 0. The number of nitro groups is 1. The van der Waals surface area contributed by atoms with E-state index in [2.05, 4.69) is 10.3 Å². The SMILES string of the molecule is CC1(C)CN(c2cc(C(F)(F)F)ncc2[N+](=O)[O-])CCN1. The molecule has 0 radical (unpaired) electrons. The normalized spacial score (nSPS) is 18.6. The molecule has 0 unspecified atom stereocenters. The van der Waals surface area contributed by atoms with Crippen LogP contribution in [0.15, 0.2) is 12.3 Å². The molecule has 1 fully saturated rings. The molecule has 1 aliphatic rings. The monoisotopic (exact) mass is 304 g/mol. The second kappa shape index (κ2) is 5.14. The maximum Gasteiger partial charge on any atom is 0.433 e. The zero-order valence-corrected chi connectivity index (χ0v) is 11.6. The smallest absolute Gasteiger partial charge is 0.363 e. The van der Waals surface area contributed by atoms with Crippen molar-refractivity contribution in [3.63, 3.8) is 0 Å². The molecule has 116 valence electrons. The second-order valence-corrected chi connectivity index (χ2v) is 5.55. The average Bonchev–Trinajstić information content (AvgIpc) is 2.35. The molecule has 2 rings (SSSR count). The molecule has 2 heterocycles. The zero-order chi connectivity index (χ0) is 15.8. The first-order valence-corrected chi connectivity index (χ1v) is 6.32. The average molecular weight is 304 g/mol. The van der Waals surface area contributed by atoms with Gasteiger partial charge in [-0.1, -0.05) is 0 Å². The fraction of sp³-hybridized carbons (Fsp3) is 0.583. The molecule has 0 saturated carbocycles. The van der Waals surface area contributed by atoms with Crippen LogP contribution in [-0.4, -0.2) is 35.1 Å². The highest BCUT2D eigenvalue weighted by Crippen LogP contribution is 2.35. The first-order valence-electron chi connectivity index (χ1n) is 6.32. The number of pyridine rings is 1. The molecule has 9 heteroatoms. The molecule has 0 amide bonds. The summed E-state index contributed by atoms with van der Waals surface area (Å²) in [6, 6.07) is 0.750. The van der Waals surface area contributed by atoms with Crippen molar-refractivity contribution in [2.45, 2.75) is 25.6 Å². The number of anilines is 1. The Hall–Kier alpha value is -1.90. The maximum absolute atomic E-state index is 12.8.